The van der Waals surface area contributed by atoms with Gasteiger partial charge in [-0.05, 0) is 60.9 Å². The lowest BCUT2D eigenvalue weighted by molar-refractivity contribution is -0.122. The molecular weight excluding hydrogens is 375 g/mol. The summed E-state index contributed by atoms with van der Waals surface area (Å²) in [6.07, 6.45) is 1.35. The number of hydrogen-bond donors (Lipinski definition) is 1. The summed E-state index contributed by atoms with van der Waals surface area (Å²) in [6.45, 7) is 3.72. The molecule has 1 N–H and O–H groups in total. The molecule has 2 aromatic carbocycles. The van der Waals surface area contributed by atoms with Gasteiger partial charge in [-0.15, -0.1) is 0 Å². The molecule has 0 aliphatic carbocycles. The molecule has 26 heavy (non-hydrogen) atoms. The van der Waals surface area contributed by atoms with Gasteiger partial charge in [0.1, 0.15) is 5.57 Å². The normalized spacial score (nSPS) is 16.2. The number of halogens is 2. The number of carbonyl (C=O) groups is 3. The van der Waals surface area contributed by atoms with E-state index in [0.29, 0.717) is 21.3 Å². The van der Waals surface area contributed by atoms with Crippen molar-refractivity contribution in [2.45, 2.75) is 13.8 Å². The van der Waals surface area contributed by atoms with Gasteiger partial charge in [0.05, 0.1) is 5.69 Å². The molecule has 1 fully saturated rings. The van der Waals surface area contributed by atoms with Crippen molar-refractivity contribution in [2.75, 3.05) is 4.90 Å². The molecule has 7 heteroatoms. The molecule has 4 amide bonds. The van der Waals surface area contributed by atoms with Crippen LogP contribution in [0.3, 0.4) is 0 Å². The van der Waals surface area contributed by atoms with Crippen molar-refractivity contribution in [3.8, 4) is 0 Å². The third kappa shape index (κ3) is 3.49. The van der Waals surface area contributed by atoms with Crippen LogP contribution < -0.4 is 10.2 Å². The highest BCUT2D eigenvalue weighted by atomic mass is 35.5. The fraction of sp³-hybridized carbons (Fsp3) is 0.105. The number of nitrogens with zero attached hydrogens (tertiary/aromatic N) is 1. The number of urea groups is 1. The molecule has 0 radical (unpaired) electrons. The maximum absolute atomic E-state index is 12.9. The van der Waals surface area contributed by atoms with Gasteiger partial charge in [0.25, 0.3) is 11.8 Å². The Balaban J connectivity index is 2.07. The topological polar surface area (TPSA) is 66.5 Å². The smallest absolute Gasteiger partial charge is 0.273 e. The number of benzene rings is 2. The number of anilines is 1. The van der Waals surface area contributed by atoms with Crippen molar-refractivity contribution in [1.29, 1.82) is 0 Å². The van der Waals surface area contributed by atoms with Gasteiger partial charge in [0.2, 0.25) is 0 Å². The number of imide groups is 2. The van der Waals surface area contributed by atoms with Crippen LogP contribution in [-0.2, 0) is 9.59 Å². The molecule has 0 saturated carbocycles. The maximum atomic E-state index is 12.9. The number of aryl methyl sites for hydroxylation is 2. The summed E-state index contributed by atoms with van der Waals surface area (Å²) in [5.74, 6) is -1.48. The van der Waals surface area contributed by atoms with Crippen molar-refractivity contribution < 1.29 is 14.4 Å². The van der Waals surface area contributed by atoms with Gasteiger partial charge < -0.3 is 0 Å². The van der Waals surface area contributed by atoms with E-state index in [1.54, 1.807) is 24.3 Å². The number of amides is 4. The van der Waals surface area contributed by atoms with E-state index in [1.807, 2.05) is 19.9 Å². The second kappa shape index (κ2) is 6.94. The summed E-state index contributed by atoms with van der Waals surface area (Å²) in [5.41, 5.74) is 2.44. The molecule has 132 valence electrons. The lowest BCUT2D eigenvalue weighted by Gasteiger charge is -2.27. The van der Waals surface area contributed by atoms with Crippen molar-refractivity contribution in [3.63, 3.8) is 0 Å². The van der Waals surface area contributed by atoms with Gasteiger partial charge in [-0.25, -0.2) is 9.69 Å². The summed E-state index contributed by atoms with van der Waals surface area (Å²) in [7, 11) is 0. The van der Waals surface area contributed by atoms with Crippen molar-refractivity contribution in [3.05, 3.63) is 68.7 Å². The second-order valence-corrected chi connectivity index (χ2v) is 6.81. The summed E-state index contributed by atoms with van der Waals surface area (Å²) in [6, 6.07) is 9.23. The lowest BCUT2D eigenvalue weighted by Crippen LogP contribution is -2.54. The molecule has 1 heterocycles. The molecule has 1 aliphatic rings. The molecule has 0 atom stereocenters. The first-order chi connectivity index (χ1) is 12.3. The van der Waals surface area contributed by atoms with Crippen molar-refractivity contribution >= 4 is 52.8 Å². The maximum Gasteiger partial charge on any atom is 0.335 e. The van der Waals surface area contributed by atoms with Gasteiger partial charge in [-0.1, -0.05) is 35.3 Å². The number of rotatable bonds is 2. The Kier molecular flexibility index (Phi) is 4.85. The minimum atomic E-state index is -0.788. The van der Waals surface area contributed by atoms with E-state index in [1.165, 1.54) is 12.1 Å². The van der Waals surface area contributed by atoms with Crippen LogP contribution in [0, 0.1) is 13.8 Å². The van der Waals surface area contributed by atoms with E-state index in [-0.39, 0.29) is 5.57 Å². The Labute approximate surface area is 160 Å². The molecule has 3 rings (SSSR count). The van der Waals surface area contributed by atoms with Gasteiger partial charge in [0, 0.05) is 10.0 Å². The molecule has 1 saturated heterocycles. The van der Waals surface area contributed by atoms with Crippen LogP contribution in [0.5, 0.6) is 0 Å². The van der Waals surface area contributed by atoms with Crippen LogP contribution >= 0.6 is 23.2 Å². The Morgan fingerprint density at radius 3 is 2.23 bits per heavy atom. The standard InChI is InChI=1S/C19H14Cl2N2O3/c1-10-5-11(2)7-14(6-10)23-18(25)15(17(24)22-19(23)26)8-12-3-4-13(20)9-16(12)21/h3-9H,1-2H3,(H,22,24,26)/b15-8+. The minimum absolute atomic E-state index is 0.187. The highest BCUT2D eigenvalue weighted by Crippen LogP contribution is 2.27. The average Bonchev–Trinajstić information content (AvgIpc) is 2.52. The average molecular weight is 389 g/mol. The highest BCUT2D eigenvalue weighted by Gasteiger charge is 2.37. The van der Waals surface area contributed by atoms with Gasteiger partial charge in [0.15, 0.2) is 0 Å². The summed E-state index contributed by atoms with van der Waals surface area (Å²) < 4.78 is 0. The van der Waals surface area contributed by atoms with Gasteiger partial charge in [-0.2, -0.15) is 0 Å². The highest BCUT2D eigenvalue weighted by molar-refractivity contribution is 6.40. The number of nitrogens with one attached hydrogen (secondary N) is 1. The first-order valence-corrected chi connectivity index (χ1v) is 8.46. The fourth-order valence-electron chi connectivity index (χ4n) is 2.75. The molecule has 0 bridgehead atoms. The van der Waals surface area contributed by atoms with Crippen molar-refractivity contribution in [1.82, 2.24) is 5.32 Å². The summed E-state index contributed by atoms with van der Waals surface area (Å²) in [4.78, 5) is 38.2. The van der Waals surface area contributed by atoms with Crippen LogP contribution in [0.1, 0.15) is 16.7 Å². The zero-order valence-electron chi connectivity index (χ0n) is 14.0. The van der Waals surface area contributed by atoms with Gasteiger partial charge >= 0.3 is 6.03 Å². The lowest BCUT2D eigenvalue weighted by atomic mass is 10.1. The molecule has 0 spiro atoms. The van der Waals surface area contributed by atoms with E-state index in [9.17, 15) is 14.4 Å². The van der Waals surface area contributed by atoms with Crippen LogP contribution in [0.4, 0.5) is 10.5 Å². The molecule has 1 aliphatic heterocycles. The molecular formula is C19H14Cl2N2O3. The Morgan fingerprint density at radius 2 is 1.62 bits per heavy atom. The fourth-order valence-corrected chi connectivity index (χ4v) is 3.21. The molecule has 2 aromatic rings. The predicted octanol–water partition coefficient (Wildman–Crippen LogP) is 4.28. The third-order valence-electron chi connectivity index (χ3n) is 3.83. The Morgan fingerprint density at radius 1 is 0.962 bits per heavy atom. The largest absolute Gasteiger partial charge is 0.335 e. The second-order valence-electron chi connectivity index (χ2n) is 5.97. The number of hydrogen-bond acceptors (Lipinski definition) is 3. The van der Waals surface area contributed by atoms with E-state index in [4.69, 9.17) is 23.2 Å². The number of barbiturate groups is 1. The van der Waals surface area contributed by atoms with Crippen molar-refractivity contribution in [2.24, 2.45) is 0 Å². The van der Waals surface area contributed by atoms with E-state index >= 15 is 0 Å². The number of carbonyl (C=O) groups excluding carboxylic acids is 3. The SMILES string of the molecule is Cc1cc(C)cc(N2C(=O)NC(=O)/C(=C\c3ccc(Cl)cc3Cl)C2=O)c1. The third-order valence-corrected chi connectivity index (χ3v) is 4.39. The van der Waals surface area contributed by atoms with Crippen LogP contribution in [0.2, 0.25) is 10.0 Å². The monoisotopic (exact) mass is 388 g/mol. The van der Waals surface area contributed by atoms with Gasteiger partial charge in [-0.3, -0.25) is 14.9 Å². The Hall–Kier alpha value is -2.63. The molecule has 0 unspecified atom stereocenters. The van der Waals surface area contributed by atoms with E-state index in [0.717, 1.165) is 16.0 Å². The van der Waals surface area contributed by atoms with E-state index in [2.05, 4.69) is 5.32 Å². The van der Waals surface area contributed by atoms with Crippen LogP contribution in [-0.4, -0.2) is 17.8 Å². The zero-order chi connectivity index (χ0) is 19.0. The Bertz CT molecular complexity index is 962. The molecule has 5 nitrogen and oxygen atoms in total. The quantitative estimate of drug-likeness (QED) is 0.616. The predicted molar refractivity (Wildman–Crippen MR) is 101 cm³/mol. The van der Waals surface area contributed by atoms with E-state index < -0.39 is 17.8 Å². The summed E-state index contributed by atoms with van der Waals surface area (Å²) >= 11 is 12.0. The first kappa shape index (κ1) is 18.2. The van der Waals surface area contributed by atoms with Crippen LogP contribution in [0.25, 0.3) is 6.08 Å². The zero-order valence-corrected chi connectivity index (χ0v) is 15.5. The van der Waals surface area contributed by atoms with Crippen LogP contribution in [0.15, 0.2) is 42.0 Å². The first-order valence-electron chi connectivity index (χ1n) is 7.71. The molecule has 0 aromatic heterocycles. The minimum Gasteiger partial charge on any atom is -0.273 e. The summed E-state index contributed by atoms with van der Waals surface area (Å²) in [5, 5.41) is 2.91.